The first kappa shape index (κ1) is 17.2. The Bertz CT molecular complexity index is 655. The molecule has 0 saturated carbocycles. The van der Waals surface area contributed by atoms with Gasteiger partial charge in [0.1, 0.15) is 6.04 Å². The van der Waals surface area contributed by atoms with Gasteiger partial charge in [0, 0.05) is 36.9 Å². The number of urea groups is 1. The highest BCUT2D eigenvalue weighted by atomic mass is 16.5. The summed E-state index contributed by atoms with van der Waals surface area (Å²) in [5.74, 6) is -1.74. The van der Waals surface area contributed by atoms with Crippen molar-refractivity contribution in [1.29, 1.82) is 0 Å². The van der Waals surface area contributed by atoms with Gasteiger partial charge in [-0.2, -0.15) is 0 Å². The smallest absolute Gasteiger partial charge is 0.326 e. The Balaban J connectivity index is 1.67. The van der Waals surface area contributed by atoms with E-state index in [-0.39, 0.29) is 11.9 Å². The number of ether oxygens (including phenoxy) is 1. The van der Waals surface area contributed by atoms with Gasteiger partial charge in [0.2, 0.25) is 0 Å². The van der Waals surface area contributed by atoms with Crippen LogP contribution in [0.15, 0.2) is 24.3 Å². The van der Waals surface area contributed by atoms with Crippen molar-refractivity contribution in [2.75, 3.05) is 31.2 Å². The Morgan fingerprint density at radius 3 is 2.64 bits per heavy atom. The largest absolute Gasteiger partial charge is 0.480 e. The number of aliphatic carboxylic acids is 1. The van der Waals surface area contributed by atoms with Crippen molar-refractivity contribution in [3.05, 3.63) is 29.8 Å². The Kier molecular flexibility index (Phi) is 5.18. The zero-order chi connectivity index (χ0) is 17.8. The van der Waals surface area contributed by atoms with Crippen molar-refractivity contribution < 1.29 is 24.2 Å². The average Bonchev–Trinajstić information content (AvgIpc) is 3.06. The van der Waals surface area contributed by atoms with Crippen LogP contribution < -0.4 is 15.5 Å². The van der Waals surface area contributed by atoms with Crippen molar-refractivity contribution >= 4 is 23.6 Å². The van der Waals surface area contributed by atoms with E-state index in [1.807, 2.05) is 0 Å². The molecule has 0 radical (unpaired) electrons. The van der Waals surface area contributed by atoms with Gasteiger partial charge in [0.05, 0.1) is 6.61 Å². The molecule has 3 rings (SSSR count). The van der Waals surface area contributed by atoms with Crippen molar-refractivity contribution in [3.63, 3.8) is 0 Å². The topological polar surface area (TPSA) is 108 Å². The maximum absolute atomic E-state index is 12.4. The fourth-order valence-electron chi connectivity index (χ4n) is 3.15. The number of nitrogens with one attached hydrogen (secondary N) is 2. The van der Waals surface area contributed by atoms with Crippen LogP contribution in [0.25, 0.3) is 0 Å². The van der Waals surface area contributed by atoms with Crippen LogP contribution in [-0.4, -0.2) is 55.4 Å². The van der Waals surface area contributed by atoms with Gasteiger partial charge in [-0.3, -0.25) is 9.69 Å². The molecule has 2 saturated heterocycles. The lowest BCUT2D eigenvalue weighted by atomic mass is 9.93. The van der Waals surface area contributed by atoms with E-state index in [4.69, 9.17) is 4.74 Å². The third-order valence-corrected chi connectivity index (χ3v) is 4.52. The summed E-state index contributed by atoms with van der Waals surface area (Å²) in [5, 5.41) is 14.7. The zero-order valence-electron chi connectivity index (χ0n) is 13.7. The average molecular weight is 347 g/mol. The highest BCUT2D eigenvalue weighted by molar-refractivity contribution is 5.98. The number of carboxylic acid groups (broad SMARTS) is 1. The summed E-state index contributed by atoms with van der Waals surface area (Å²) in [6.45, 7) is 2.13. The summed E-state index contributed by atoms with van der Waals surface area (Å²) in [4.78, 5) is 37.1. The van der Waals surface area contributed by atoms with E-state index in [1.54, 1.807) is 29.2 Å². The van der Waals surface area contributed by atoms with Gasteiger partial charge in [-0.05, 0) is 37.1 Å². The van der Waals surface area contributed by atoms with E-state index in [2.05, 4.69) is 10.6 Å². The van der Waals surface area contributed by atoms with Crippen LogP contribution in [0.5, 0.6) is 0 Å². The third kappa shape index (κ3) is 3.90. The van der Waals surface area contributed by atoms with Gasteiger partial charge < -0.3 is 20.5 Å². The highest BCUT2D eigenvalue weighted by Crippen LogP contribution is 2.20. The van der Waals surface area contributed by atoms with Gasteiger partial charge in [-0.1, -0.05) is 0 Å². The minimum Gasteiger partial charge on any atom is -0.480 e. The lowest BCUT2D eigenvalue weighted by molar-refractivity contribution is -0.142. The van der Waals surface area contributed by atoms with Crippen LogP contribution in [0.2, 0.25) is 0 Å². The van der Waals surface area contributed by atoms with E-state index >= 15 is 0 Å². The normalized spacial score (nSPS) is 21.5. The molecule has 2 fully saturated rings. The molecule has 1 aromatic rings. The first-order valence-electron chi connectivity index (χ1n) is 8.33. The lowest BCUT2D eigenvalue weighted by Crippen LogP contribution is -2.48. The maximum atomic E-state index is 12.4. The molecule has 2 atom stereocenters. The van der Waals surface area contributed by atoms with Crippen molar-refractivity contribution in [2.24, 2.45) is 5.92 Å². The summed E-state index contributed by atoms with van der Waals surface area (Å²) < 4.78 is 5.33. The number of rotatable bonds is 5. The Morgan fingerprint density at radius 2 is 2.08 bits per heavy atom. The van der Waals surface area contributed by atoms with Gasteiger partial charge in [-0.25, -0.2) is 9.59 Å². The highest BCUT2D eigenvalue weighted by Gasteiger charge is 2.31. The fraction of sp³-hybridized carbons (Fsp3) is 0.471. The van der Waals surface area contributed by atoms with Crippen LogP contribution in [-0.2, 0) is 9.53 Å². The fourth-order valence-corrected chi connectivity index (χ4v) is 3.15. The molecule has 8 heteroatoms. The van der Waals surface area contributed by atoms with Crippen molar-refractivity contribution in [3.8, 4) is 0 Å². The molecule has 3 N–H and O–H groups in total. The number of carbonyl (C=O) groups is 3. The summed E-state index contributed by atoms with van der Waals surface area (Å²) in [7, 11) is 0. The van der Waals surface area contributed by atoms with Gasteiger partial charge in [0.15, 0.2) is 0 Å². The Hall–Kier alpha value is -2.61. The summed E-state index contributed by atoms with van der Waals surface area (Å²) in [6.07, 6.45) is 1.50. The number of carboxylic acids is 1. The van der Waals surface area contributed by atoms with Gasteiger partial charge in [-0.15, -0.1) is 0 Å². The number of benzene rings is 1. The van der Waals surface area contributed by atoms with Crippen LogP contribution in [0.1, 0.15) is 23.2 Å². The number of carbonyl (C=O) groups excluding carboxylic acids is 2. The predicted molar refractivity (Wildman–Crippen MR) is 89.6 cm³/mol. The zero-order valence-corrected chi connectivity index (χ0v) is 13.7. The number of hydrogen-bond acceptors (Lipinski definition) is 4. The second-order valence-electron chi connectivity index (χ2n) is 6.20. The SMILES string of the molecule is O=C(NC(C(=O)O)C1CCCOC1)c1ccc(N2CCNC2=O)cc1. The van der Waals surface area contributed by atoms with Crippen LogP contribution in [0.3, 0.4) is 0 Å². The number of hydrogen-bond donors (Lipinski definition) is 3. The lowest BCUT2D eigenvalue weighted by Gasteiger charge is -2.28. The summed E-state index contributed by atoms with van der Waals surface area (Å²) >= 11 is 0. The molecule has 134 valence electrons. The van der Waals surface area contributed by atoms with E-state index in [9.17, 15) is 19.5 Å². The Morgan fingerprint density at radius 1 is 1.32 bits per heavy atom. The molecule has 25 heavy (non-hydrogen) atoms. The number of anilines is 1. The standard InChI is InChI=1S/C17H21N3O5/c21-15(19-14(16(22)23)12-2-1-9-25-10-12)11-3-5-13(6-4-11)20-8-7-18-17(20)24/h3-6,12,14H,1-2,7-10H2,(H,18,24)(H,19,21)(H,22,23). The van der Waals surface area contributed by atoms with Crippen LogP contribution >= 0.6 is 0 Å². The predicted octanol–water partition coefficient (Wildman–Crippen LogP) is 0.826. The summed E-state index contributed by atoms with van der Waals surface area (Å²) in [5.41, 5.74) is 1.05. The first-order chi connectivity index (χ1) is 12.1. The minimum absolute atomic E-state index is 0.166. The van der Waals surface area contributed by atoms with Crippen molar-refractivity contribution in [2.45, 2.75) is 18.9 Å². The van der Waals surface area contributed by atoms with E-state index in [0.717, 1.165) is 6.42 Å². The van der Waals surface area contributed by atoms with E-state index < -0.39 is 17.9 Å². The molecule has 3 amide bonds. The van der Waals surface area contributed by atoms with Crippen LogP contribution in [0.4, 0.5) is 10.5 Å². The van der Waals surface area contributed by atoms with Gasteiger partial charge >= 0.3 is 12.0 Å². The molecule has 0 spiro atoms. The molecule has 0 aliphatic carbocycles. The summed E-state index contributed by atoms with van der Waals surface area (Å²) in [6, 6.07) is 5.40. The minimum atomic E-state index is -1.06. The quantitative estimate of drug-likeness (QED) is 0.731. The molecule has 8 nitrogen and oxygen atoms in total. The first-order valence-corrected chi connectivity index (χ1v) is 8.33. The van der Waals surface area contributed by atoms with Gasteiger partial charge in [0.25, 0.3) is 5.91 Å². The Labute approximate surface area is 145 Å². The van der Waals surface area contributed by atoms with Crippen LogP contribution in [0, 0.1) is 5.92 Å². The molecule has 2 aliphatic rings. The number of amides is 3. The molecule has 2 unspecified atom stereocenters. The second kappa shape index (κ2) is 7.52. The van der Waals surface area contributed by atoms with E-state index in [1.165, 1.54) is 0 Å². The molecule has 0 bridgehead atoms. The third-order valence-electron chi connectivity index (χ3n) is 4.52. The molecule has 2 heterocycles. The number of nitrogens with zero attached hydrogens (tertiary/aromatic N) is 1. The molecular weight excluding hydrogens is 326 g/mol. The molecule has 1 aromatic carbocycles. The van der Waals surface area contributed by atoms with E-state index in [0.29, 0.717) is 44.0 Å². The molecular formula is C17H21N3O5. The molecule has 2 aliphatic heterocycles. The monoisotopic (exact) mass is 347 g/mol. The molecule has 0 aromatic heterocycles. The van der Waals surface area contributed by atoms with Crippen molar-refractivity contribution in [1.82, 2.24) is 10.6 Å². The maximum Gasteiger partial charge on any atom is 0.326 e. The second-order valence-corrected chi connectivity index (χ2v) is 6.20.